The first kappa shape index (κ1) is 7.41. The van der Waals surface area contributed by atoms with Gasteiger partial charge in [0, 0.05) is 23.1 Å². The molecule has 0 unspecified atom stereocenters. The van der Waals surface area contributed by atoms with E-state index in [0.717, 1.165) is 21.2 Å². The summed E-state index contributed by atoms with van der Waals surface area (Å²) in [6, 6.07) is 3.65. The molecule has 0 bridgehead atoms. The average molecular weight is 187 g/mol. The highest BCUT2D eigenvalue weighted by Crippen LogP contribution is 2.30. The fourth-order valence-corrected chi connectivity index (χ4v) is 1.73. The summed E-state index contributed by atoms with van der Waals surface area (Å²) >= 11 is 11.8. The predicted molar refractivity (Wildman–Crippen MR) is 46.0 cm³/mol. The van der Waals surface area contributed by atoms with Crippen LogP contribution in [-0.4, -0.2) is 0 Å². The summed E-state index contributed by atoms with van der Waals surface area (Å²) in [6.45, 7) is 1.43. The Kier molecular flexibility index (Phi) is 1.80. The van der Waals surface area contributed by atoms with Gasteiger partial charge < -0.3 is 0 Å². The molecule has 57 valence electrons. The maximum absolute atomic E-state index is 5.92. The molecule has 0 saturated heterocycles. The van der Waals surface area contributed by atoms with Gasteiger partial charge in [-0.15, -0.1) is 0 Å². The van der Waals surface area contributed by atoms with E-state index in [0.29, 0.717) is 13.1 Å². The van der Waals surface area contributed by atoms with E-state index in [1.807, 2.05) is 12.1 Å². The molecule has 1 aliphatic rings. The van der Waals surface area contributed by atoms with E-state index in [1.54, 1.807) is 0 Å². The quantitative estimate of drug-likeness (QED) is 0.592. The minimum Gasteiger partial charge on any atom is -0.232 e. The lowest BCUT2D eigenvalue weighted by Crippen LogP contribution is -1.89. The normalized spacial score (nSPS) is 15.1. The number of halogens is 2. The first-order chi connectivity index (χ1) is 5.29. The van der Waals surface area contributed by atoms with Crippen LogP contribution in [0.2, 0.25) is 10.0 Å². The molecule has 3 heteroatoms. The zero-order chi connectivity index (χ0) is 7.84. The SMILES string of the molecule is Clc1ccc(Cl)c2c1C[N]C2. The lowest BCUT2D eigenvalue weighted by Gasteiger charge is -2.01. The molecule has 0 amide bonds. The molecule has 1 nitrogen and oxygen atoms in total. The van der Waals surface area contributed by atoms with E-state index in [-0.39, 0.29) is 0 Å². The van der Waals surface area contributed by atoms with Crippen LogP contribution in [0.5, 0.6) is 0 Å². The van der Waals surface area contributed by atoms with E-state index < -0.39 is 0 Å². The molecule has 1 heterocycles. The molecule has 1 radical (unpaired) electrons. The smallest absolute Gasteiger partial charge is 0.0455 e. The summed E-state index contributed by atoms with van der Waals surface area (Å²) in [4.78, 5) is 0. The van der Waals surface area contributed by atoms with Crippen LogP contribution in [-0.2, 0) is 13.1 Å². The molecule has 0 N–H and O–H groups in total. The van der Waals surface area contributed by atoms with Crippen molar-refractivity contribution in [1.82, 2.24) is 5.32 Å². The van der Waals surface area contributed by atoms with Crippen LogP contribution in [0.4, 0.5) is 0 Å². The Morgan fingerprint density at radius 2 is 1.45 bits per heavy atom. The van der Waals surface area contributed by atoms with Crippen LogP contribution in [0.3, 0.4) is 0 Å². The van der Waals surface area contributed by atoms with Crippen molar-refractivity contribution in [3.8, 4) is 0 Å². The molecular formula is C8H6Cl2N. The van der Waals surface area contributed by atoms with E-state index >= 15 is 0 Å². The van der Waals surface area contributed by atoms with Gasteiger partial charge in [-0.25, -0.2) is 5.32 Å². The van der Waals surface area contributed by atoms with Gasteiger partial charge in [0.25, 0.3) is 0 Å². The third kappa shape index (κ3) is 1.13. The number of fused-ring (bicyclic) bond motifs is 1. The Balaban J connectivity index is 2.64. The number of hydrogen-bond donors (Lipinski definition) is 0. The first-order valence-corrected chi connectivity index (χ1v) is 4.13. The molecular weight excluding hydrogens is 181 g/mol. The second-order valence-corrected chi connectivity index (χ2v) is 3.34. The van der Waals surface area contributed by atoms with Crippen LogP contribution in [0.15, 0.2) is 12.1 Å². The van der Waals surface area contributed by atoms with Crippen LogP contribution < -0.4 is 5.32 Å². The molecule has 1 aromatic rings. The number of rotatable bonds is 0. The standard InChI is InChI=1S/C8H6Cl2N/c9-7-1-2-8(10)6-4-11-3-5(6)7/h1-2H,3-4H2. The molecule has 2 rings (SSSR count). The summed E-state index contributed by atoms with van der Waals surface area (Å²) < 4.78 is 0. The van der Waals surface area contributed by atoms with Crippen molar-refractivity contribution in [3.63, 3.8) is 0 Å². The van der Waals surface area contributed by atoms with Crippen molar-refractivity contribution in [2.45, 2.75) is 13.1 Å². The maximum atomic E-state index is 5.92. The minimum absolute atomic E-state index is 0.717. The lowest BCUT2D eigenvalue weighted by molar-refractivity contribution is 0.746. The summed E-state index contributed by atoms with van der Waals surface area (Å²) in [5, 5.41) is 5.77. The molecule has 0 spiro atoms. The number of hydrogen-bond acceptors (Lipinski definition) is 0. The Labute approximate surface area is 75.3 Å². The molecule has 0 fully saturated rings. The molecule has 1 aliphatic heterocycles. The third-order valence-electron chi connectivity index (χ3n) is 1.86. The van der Waals surface area contributed by atoms with Crippen molar-refractivity contribution >= 4 is 23.2 Å². The van der Waals surface area contributed by atoms with E-state index in [1.165, 1.54) is 0 Å². The highest BCUT2D eigenvalue weighted by molar-refractivity contribution is 6.34. The Morgan fingerprint density at radius 3 is 1.91 bits per heavy atom. The van der Waals surface area contributed by atoms with Crippen molar-refractivity contribution in [2.75, 3.05) is 0 Å². The van der Waals surface area contributed by atoms with Gasteiger partial charge in [0.05, 0.1) is 0 Å². The van der Waals surface area contributed by atoms with Gasteiger partial charge in [-0.3, -0.25) is 0 Å². The summed E-state index contributed by atoms with van der Waals surface area (Å²) in [5.74, 6) is 0. The molecule has 0 aromatic heterocycles. The van der Waals surface area contributed by atoms with E-state index in [4.69, 9.17) is 23.2 Å². The van der Waals surface area contributed by atoms with Gasteiger partial charge >= 0.3 is 0 Å². The average Bonchev–Trinajstić information content (AvgIpc) is 2.45. The Morgan fingerprint density at radius 1 is 1.00 bits per heavy atom. The molecule has 0 aliphatic carbocycles. The molecule has 11 heavy (non-hydrogen) atoms. The second-order valence-electron chi connectivity index (χ2n) is 2.53. The van der Waals surface area contributed by atoms with Gasteiger partial charge in [-0.2, -0.15) is 0 Å². The fraction of sp³-hybridized carbons (Fsp3) is 0.250. The van der Waals surface area contributed by atoms with Crippen LogP contribution in [0.25, 0.3) is 0 Å². The monoisotopic (exact) mass is 186 g/mol. The van der Waals surface area contributed by atoms with Crippen molar-refractivity contribution < 1.29 is 0 Å². The van der Waals surface area contributed by atoms with Gasteiger partial charge in [0.1, 0.15) is 0 Å². The summed E-state index contributed by atoms with van der Waals surface area (Å²) in [6.07, 6.45) is 0. The van der Waals surface area contributed by atoms with Gasteiger partial charge in [0.15, 0.2) is 0 Å². The highest BCUT2D eigenvalue weighted by atomic mass is 35.5. The van der Waals surface area contributed by atoms with Crippen molar-refractivity contribution in [1.29, 1.82) is 0 Å². The van der Waals surface area contributed by atoms with Gasteiger partial charge in [-0.1, -0.05) is 23.2 Å². The topological polar surface area (TPSA) is 14.1 Å². The Hall–Kier alpha value is -0.240. The fourth-order valence-electron chi connectivity index (χ4n) is 1.26. The van der Waals surface area contributed by atoms with Crippen LogP contribution in [0.1, 0.15) is 11.1 Å². The zero-order valence-electron chi connectivity index (χ0n) is 5.77. The molecule has 0 atom stereocenters. The van der Waals surface area contributed by atoms with Gasteiger partial charge in [-0.05, 0) is 23.3 Å². The predicted octanol–water partition coefficient (Wildman–Crippen LogP) is 2.61. The van der Waals surface area contributed by atoms with Crippen molar-refractivity contribution in [2.24, 2.45) is 0 Å². The first-order valence-electron chi connectivity index (χ1n) is 3.38. The van der Waals surface area contributed by atoms with Gasteiger partial charge in [0.2, 0.25) is 0 Å². The number of benzene rings is 1. The van der Waals surface area contributed by atoms with Crippen molar-refractivity contribution in [3.05, 3.63) is 33.3 Å². The van der Waals surface area contributed by atoms with Crippen LogP contribution >= 0.6 is 23.2 Å². The summed E-state index contributed by atoms with van der Waals surface area (Å²) in [5.41, 5.74) is 2.19. The lowest BCUT2D eigenvalue weighted by atomic mass is 10.1. The maximum Gasteiger partial charge on any atom is 0.0455 e. The second kappa shape index (κ2) is 2.67. The zero-order valence-corrected chi connectivity index (χ0v) is 7.28. The highest BCUT2D eigenvalue weighted by Gasteiger charge is 2.16. The minimum atomic E-state index is 0.717. The van der Waals surface area contributed by atoms with E-state index in [2.05, 4.69) is 5.32 Å². The number of nitrogens with zero attached hydrogens (tertiary/aromatic N) is 1. The molecule has 0 saturated carbocycles. The molecule has 1 aromatic carbocycles. The summed E-state index contributed by atoms with van der Waals surface area (Å²) in [7, 11) is 0. The van der Waals surface area contributed by atoms with E-state index in [9.17, 15) is 0 Å². The third-order valence-corrected chi connectivity index (χ3v) is 2.56. The van der Waals surface area contributed by atoms with Crippen LogP contribution in [0, 0.1) is 0 Å². The largest absolute Gasteiger partial charge is 0.232 e. The Bertz CT molecular complexity index is 267.